The maximum atomic E-state index is 12.1. The Balaban J connectivity index is 1.43. The molecule has 3 aromatic rings. The first-order valence-electron chi connectivity index (χ1n) is 11.4. The third-order valence-electron chi connectivity index (χ3n) is 6.76. The van der Waals surface area contributed by atoms with Gasteiger partial charge in [0.2, 0.25) is 5.91 Å². The lowest BCUT2D eigenvalue weighted by atomic mass is 10.0. The molecule has 33 heavy (non-hydrogen) atoms. The summed E-state index contributed by atoms with van der Waals surface area (Å²) in [6.07, 6.45) is 1.80. The average molecular weight is 444 g/mol. The molecule has 0 unspecified atom stereocenters. The highest BCUT2D eigenvalue weighted by Crippen LogP contribution is 2.35. The normalized spacial score (nSPS) is 19.9. The van der Waals surface area contributed by atoms with Crippen molar-refractivity contribution in [2.45, 2.75) is 20.1 Å². The van der Waals surface area contributed by atoms with Crippen LogP contribution >= 0.6 is 0 Å². The van der Waals surface area contributed by atoms with E-state index < -0.39 is 0 Å². The molecule has 2 atom stereocenters. The third kappa shape index (κ3) is 4.44. The van der Waals surface area contributed by atoms with Crippen LogP contribution in [0.3, 0.4) is 0 Å². The van der Waals surface area contributed by atoms with Crippen LogP contribution in [-0.4, -0.2) is 42.5 Å². The van der Waals surface area contributed by atoms with Gasteiger partial charge in [0.25, 0.3) is 0 Å². The number of carbonyl (C=O) groups is 1. The van der Waals surface area contributed by atoms with Gasteiger partial charge in [0, 0.05) is 60.7 Å². The molecule has 6 nitrogen and oxygen atoms in total. The van der Waals surface area contributed by atoms with Crippen LogP contribution in [0.25, 0.3) is 11.1 Å². The van der Waals surface area contributed by atoms with E-state index in [-0.39, 0.29) is 11.8 Å². The SMILES string of the molecule is COc1ccccc1-c1ccc(OCc2cccnc2C)c(CN2C[C@@H]3CNC(=O)[C@@H]3C2)c1. The van der Waals surface area contributed by atoms with Crippen molar-refractivity contribution in [1.82, 2.24) is 15.2 Å². The zero-order valence-electron chi connectivity index (χ0n) is 19.1. The topological polar surface area (TPSA) is 63.7 Å². The van der Waals surface area contributed by atoms with Crippen LogP contribution in [-0.2, 0) is 17.9 Å². The number of ether oxygens (including phenoxy) is 2. The summed E-state index contributed by atoms with van der Waals surface area (Å²) in [5.74, 6) is 2.39. The van der Waals surface area contributed by atoms with Gasteiger partial charge < -0.3 is 14.8 Å². The molecular weight excluding hydrogens is 414 g/mol. The quantitative estimate of drug-likeness (QED) is 0.602. The minimum atomic E-state index is 0.102. The molecule has 0 bridgehead atoms. The highest BCUT2D eigenvalue weighted by molar-refractivity contribution is 5.81. The number of hydrogen-bond acceptors (Lipinski definition) is 5. The van der Waals surface area contributed by atoms with Gasteiger partial charge in [0.05, 0.1) is 13.0 Å². The fourth-order valence-electron chi connectivity index (χ4n) is 4.92. The zero-order chi connectivity index (χ0) is 22.8. The van der Waals surface area contributed by atoms with Crippen LogP contribution < -0.4 is 14.8 Å². The average Bonchev–Trinajstić information content (AvgIpc) is 3.40. The van der Waals surface area contributed by atoms with Crippen LogP contribution in [0.4, 0.5) is 0 Å². The summed E-state index contributed by atoms with van der Waals surface area (Å²) >= 11 is 0. The fraction of sp³-hybridized carbons (Fsp3) is 0.333. The van der Waals surface area contributed by atoms with Gasteiger partial charge in [-0.05, 0) is 36.8 Å². The van der Waals surface area contributed by atoms with E-state index in [9.17, 15) is 4.79 Å². The van der Waals surface area contributed by atoms with E-state index in [2.05, 4.69) is 33.4 Å². The molecule has 170 valence electrons. The van der Waals surface area contributed by atoms with Crippen LogP contribution in [0.15, 0.2) is 60.8 Å². The fourth-order valence-corrected chi connectivity index (χ4v) is 4.92. The lowest BCUT2D eigenvalue weighted by molar-refractivity contribution is -0.122. The van der Waals surface area contributed by atoms with Gasteiger partial charge in [-0.25, -0.2) is 0 Å². The van der Waals surface area contributed by atoms with Gasteiger partial charge in [0.1, 0.15) is 18.1 Å². The molecule has 2 aliphatic rings. The number of aryl methyl sites for hydroxylation is 1. The van der Waals surface area contributed by atoms with Gasteiger partial charge in [-0.1, -0.05) is 30.3 Å². The molecule has 3 heterocycles. The number of aromatic nitrogens is 1. The Labute approximate surface area is 194 Å². The predicted molar refractivity (Wildman–Crippen MR) is 127 cm³/mol. The summed E-state index contributed by atoms with van der Waals surface area (Å²) < 4.78 is 11.9. The number of carbonyl (C=O) groups excluding carboxylic acids is 1. The minimum absolute atomic E-state index is 0.102. The molecule has 1 aromatic heterocycles. The number of pyridine rings is 1. The van der Waals surface area contributed by atoms with E-state index in [1.54, 1.807) is 13.3 Å². The summed E-state index contributed by atoms with van der Waals surface area (Å²) in [7, 11) is 1.70. The first-order chi connectivity index (χ1) is 16.1. The number of nitrogens with one attached hydrogen (secondary N) is 1. The monoisotopic (exact) mass is 443 g/mol. The molecule has 2 aliphatic heterocycles. The molecule has 0 aliphatic carbocycles. The van der Waals surface area contributed by atoms with Crippen molar-refractivity contribution in [3.63, 3.8) is 0 Å². The molecule has 1 N–H and O–H groups in total. The van der Waals surface area contributed by atoms with Crippen molar-refractivity contribution in [3.05, 3.63) is 77.6 Å². The molecule has 1 amide bonds. The van der Waals surface area contributed by atoms with Crippen molar-refractivity contribution in [3.8, 4) is 22.6 Å². The lowest BCUT2D eigenvalue weighted by Crippen LogP contribution is -2.28. The Kier molecular flexibility index (Phi) is 6.01. The second-order valence-corrected chi connectivity index (χ2v) is 8.87. The largest absolute Gasteiger partial charge is 0.496 e. The van der Waals surface area contributed by atoms with E-state index in [1.807, 2.05) is 43.3 Å². The van der Waals surface area contributed by atoms with Crippen LogP contribution in [0.1, 0.15) is 16.8 Å². The van der Waals surface area contributed by atoms with Gasteiger partial charge >= 0.3 is 0 Å². The van der Waals surface area contributed by atoms with Gasteiger partial charge in [-0.3, -0.25) is 14.7 Å². The minimum Gasteiger partial charge on any atom is -0.496 e. The molecule has 0 spiro atoms. The second kappa shape index (κ2) is 9.24. The van der Waals surface area contributed by atoms with Crippen molar-refractivity contribution >= 4 is 5.91 Å². The van der Waals surface area contributed by atoms with Crippen LogP contribution in [0.5, 0.6) is 11.5 Å². The Bertz CT molecular complexity index is 1160. The predicted octanol–water partition coefficient (Wildman–Crippen LogP) is 3.82. The van der Waals surface area contributed by atoms with E-state index in [4.69, 9.17) is 9.47 Å². The number of nitrogens with zero attached hydrogens (tertiary/aromatic N) is 2. The highest BCUT2D eigenvalue weighted by Gasteiger charge is 2.41. The molecular formula is C27H29N3O3. The van der Waals surface area contributed by atoms with E-state index in [0.717, 1.165) is 65.6 Å². The Morgan fingerprint density at radius 2 is 1.94 bits per heavy atom. The highest BCUT2D eigenvalue weighted by atomic mass is 16.5. The molecule has 0 radical (unpaired) electrons. The molecule has 2 fully saturated rings. The van der Waals surface area contributed by atoms with Gasteiger partial charge in [-0.15, -0.1) is 0 Å². The number of fused-ring (bicyclic) bond motifs is 1. The number of amides is 1. The van der Waals surface area contributed by atoms with E-state index in [0.29, 0.717) is 12.5 Å². The molecule has 6 heteroatoms. The number of methoxy groups -OCH3 is 1. The Morgan fingerprint density at radius 1 is 1.06 bits per heavy atom. The summed E-state index contributed by atoms with van der Waals surface area (Å²) in [6.45, 7) is 5.70. The first-order valence-corrected chi connectivity index (χ1v) is 11.4. The summed E-state index contributed by atoms with van der Waals surface area (Å²) in [5.41, 5.74) is 5.30. The van der Waals surface area contributed by atoms with Crippen molar-refractivity contribution in [1.29, 1.82) is 0 Å². The zero-order valence-corrected chi connectivity index (χ0v) is 19.1. The molecule has 2 aromatic carbocycles. The molecule has 5 rings (SSSR count). The smallest absolute Gasteiger partial charge is 0.224 e. The Morgan fingerprint density at radius 3 is 2.76 bits per heavy atom. The number of likely N-dealkylation sites (tertiary alicyclic amines) is 1. The lowest BCUT2D eigenvalue weighted by Gasteiger charge is -2.21. The van der Waals surface area contributed by atoms with Crippen molar-refractivity contribution in [2.75, 3.05) is 26.7 Å². The second-order valence-electron chi connectivity index (χ2n) is 8.87. The third-order valence-corrected chi connectivity index (χ3v) is 6.76. The summed E-state index contributed by atoms with van der Waals surface area (Å²) in [4.78, 5) is 18.9. The number of benzene rings is 2. The molecule has 2 saturated heterocycles. The van der Waals surface area contributed by atoms with Crippen molar-refractivity contribution < 1.29 is 14.3 Å². The maximum absolute atomic E-state index is 12.1. The van der Waals surface area contributed by atoms with Gasteiger partial charge in [-0.2, -0.15) is 0 Å². The number of para-hydroxylation sites is 1. The first kappa shape index (κ1) is 21.5. The number of hydrogen-bond donors (Lipinski definition) is 1. The number of rotatable bonds is 7. The maximum Gasteiger partial charge on any atom is 0.224 e. The van der Waals surface area contributed by atoms with E-state index >= 15 is 0 Å². The standard InChI is InChI=1S/C27H29N3O3/c1-18-20(6-5-11-28-18)17-33-25-10-9-19(23-7-3-4-8-26(23)32-2)12-21(25)14-30-15-22-13-29-27(31)24(22)16-30/h3-12,22,24H,13-17H2,1-2H3,(H,29,31)/t22-,24+/m0/s1. The van der Waals surface area contributed by atoms with Crippen LogP contribution in [0, 0.1) is 18.8 Å². The van der Waals surface area contributed by atoms with Crippen LogP contribution in [0.2, 0.25) is 0 Å². The summed E-state index contributed by atoms with van der Waals surface area (Å²) in [6, 6.07) is 18.4. The van der Waals surface area contributed by atoms with E-state index in [1.165, 1.54) is 0 Å². The summed E-state index contributed by atoms with van der Waals surface area (Å²) in [5, 5.41) is 2.99. The van der Waals surface area contributed by atoms with Gasteiger partial charge in [0.15, 0.2) is 0 Å². The molecule has 0 saturated carbocycles. The Hall–Kier alpha value is -3.38. The van der Waals surface area contributed by atoms with Crippen molar-refractivity contribution in [2.24, 2.45) is 11.8 Å².